The van der Waals surface area contributed by atoms with Gasteiger partial charge in [0.25, 0.3) is 0 Å². The Balaban J connectivity index is 2.75. The highest BCUT2D eigenvalue weighted by Crippen LogP contribution is 2.18. The third kappa shape index (κ3) is 3.73. The summed E-state index contributed by atoms with van der Waals surface area (Å²) in [6.45, 7) is 6.54. The second-order valence-electron chi connectivity index (χ2n) is 4.80. The SMILES string of the molecule is CC(C)CC(C)N(C)c1ccc(C(=O)O)nc1. The lowest BCUT2D eigenvalue weighted by atomic mass is 10.0. The monoisotopic (exact) mass is 236 g/mol. The van der Waals surface area contributed by atoms with Crippen LogP contribution in [0.25, 0.3) is 0 Å². The molecule has 1 N–H and O–H groups in total. The van der Waals surface area contributed by atoms with Gasteiger partial charge in [0.2, 0.25) is 0 Å². The molecule has 0 bridgehead atoms. The number of carboxylic acids is 1. The molecule has 17 heavy (non-hydrogen) atoms. The average molecular weight is 236 g/mol. The van der Waals surface area contributed by atoms with E-state index in [0.29, 0.717) is 12.0 Å². The van der Waals surface area contributed by atoms with E-state index in [1.807, 2.05) is 7.05 Å². The fraction of sp³-hybridized carbons (Fsp3) is 0.538. The number of nitrogens with zero attached hydrogens (tertiary/aromatic N) is 2. The van der Waals surface area contributed by atoms with Crippen LogP contribution in [0.4, 0.5) is 5.69 Å². The third-order valence-electron chi connectivity index (χ3n) is 2.85. The maximum absolute atomic E-state index is 10.7. The van der Waals surface area contributed by atoms with Crippen molar-refractivity contribution in [3.8, 4) is 0 Å². The van der Waals surface area contributed by atoms with Crippen LogP contribution in [0.5, 0.6) is 0 Å². The molecule has 0 fully saturated rings. The van der Waals surface area contributed by atoms with Crippen LogP contribution < -0.4 is 4.90 Å². The van der Waals surface area contributed by atoms with Gasteiger partial charge in [-0.05, 0) is 31.4 Å². The van der Waals surface area contributed by atoms with Crippen LogP contribution in [0.3, 0.4) is 0 Å². The lowest BCUT2D eigenvalue weighted by Gasteiger charge is -2.28. The molecular formula is C13H20N2O2. The maximum Gasteiger partial charge on any atom is 0.354 e. The lowest BCUT2D eigenvalue weighted by Crippen LogP contribution is -2.30. The third-order valence-corrected chi connectivity index (χ3v) is 2.85. The van der Waals surface area contributed by atoms with E-state index in [9.17, 15) is 4.79 Å². The normalized spacial score (nSPS) is 12.5. The molecule has 0 saturated carbocycles. The van der Waals surface area contributed by atoms with E-state index in [4.69, 9.17) is 5.11 Å². The zero-order valence-electron chi connectivity index (χ0n) is 10.8. The summed E-state index contributed by atoms with van der Waals surface area (Å²) >= 11 is 0. The van der Waals surface area contributed by atoms with E-state index < -0.39 is 5.97 Å². The van der Waals surface area contributed by atoms with Gasteiger partial charge < -0.3 is 10.0 Å². The summed E-state index contributed by atoms with van der Waals surface area (Å²) in [5, 5.41) is 8.77. The lowest BCUT2D eigenvalue weighted by molar-refractivity contribution is 0.0690. The fourth-order valence-electron chi connectivity index (χ4n) is 1.82. The number of hydrogen-bond acceptors (Lipinski definition) is 3. The molecule has 4 heteroatoms. The Morgan fingerprint density at radius 2 is 2.06 bits per heavy atom. The van der Waals surface area contributed by atoms with Gasteiger partial charge in [0.1, 0.15) is 5.69 Å². The average Bonchev–Trinajstić information content (AvgIpc) is 2.27. The summed E-state index contributed by atoms with van der Waals surface area (Å²) in [6.07, 6.45) is 2.71. The summed E-state index contributed by atoms with van der Waals surface area (Å²) < 4.78 is 0. The molecule has 0 amide bonds. The highest BCUT2D eigenvalue weighted by molar-refractivity contribution is 5.85. The van der Waals surface area contributed by atoms with Crippen molar-refractivity contribution in [2.24, 2.45) is 5.92 Å². The van der Waals surface area contributed by atoms with Gasteiger partial charge in [-0.15, -0.1) is 0 Å². The van der Waals surface area contributed by atoms with Crippen LogP contribution >= 0.6 is 0 Å². The van der Waals surface area contributed by atoms with Crippen molar-refractivity contribution in [1.82, 2.24) is 4.98 Å². The number of carbonyl (C=O) groups is 1. The maximum atomic E-state index is 10.7. The Labute approximate surface area is 102 Å². The minimum Gasteiger partial charge on any atom is -0.477 e. The molecule has 1 heterocycles. The molecule has 1 aromatic rings. The predicted molar refractivity (Wildman–Crippen MR) is 68.5 cm³/mol. The number of rotatable bonds is 5. The smallest absolute Gasteiger partial charge is 0.354 e. The first-order valence-corrected chi connectivity index (χ1v) is 5.84. The molecule has 94 valence electrons. The fourth-order valence-corrected chi connectivity index (χ4v) is 1.82. The zero-order chi connectivity index (χ0) is 13.0. The van der Waals surface area contributed by atoms with Crippen LogP contribution in [0.2, 0.25) is 0 Å². The first-order chi connectivity index (χ1) is 7.91. The van der Waals surface area contributed by atoms with Gasteiger partial charge in [-0.1, -0.05) is 13.8 Å². The largest absolute Gasteiger partial charge is 0.477 e. The molecule has 1 rings (SSSR count). The van der Waals surface area contributed by atoms with Crippen LogP contribution in [-0.2, 0) is 0 Å². The molecule has 1 aromatic heterocycles. The molecule has 0 aliphatic heterocycles. The number of carboxylic acid groups (broad SMARTS) is 1. The van der Waals surface area contributed by atoms with Crippen LogP contribution in [0, 0.1) is 5.92 Å². The Hall–Kier alpha value is -1.58. The van der Waals surface area contributed by atoms with E-state index >= 15 is 0 Å². The van der Waals surface area contributed by atoms with Crippen molar-refractivity contribution in [2.75, 3.05) is 11.9 Å². The summed E-state index contributed by atoms with van der Waals surface area (Å²) in [7, 11) is 2.00. The number of anilines is 1. The molecule has 1 unspecified atom stereocenters. The van der Waals surface area contributed by atoms with Gasteiger partial charge in [-0.2, -0.15) is 0 Å². The Morgan fingerprint density at radius 1 is 1.41 bits per heavy atom. The Bertz CT molecular complexity index is 374. The van der Waals surface area contributed by atoms with Crippen LogP contribution in [0.1, 0.15) is 37.7 Å². The van der Waals surface area contributed by atoms with Gasteiger partial charge in [-0.25, -0.2) is 9.78 Å². The number of hydrogen-bond donors (Lipinski definition) is 1. The quantitative estimate of drug-likeness (QED) is 0.854. The van der Waals surface area contributed by atoms with Gasteiger partial charge in [0.15, 0.2) is 0 Å². The number of aromatic carboxylic acids is 1. The first-order valence-electron chi connectivity index (χ1n) is 5.84. The highest BCUT2D eigenvalue weighted by atomic mass is 16.4. The summed E-state index contributed by atoms with van der Waals surface area (Å²) in [4.78, 5) is 16.7. The van der Waals surface area contributed by atoms with Gasteiger partial charge in [0.05, 0.1) is 11.9 Å². The molecule has 0 saturated heterocycles. The topological polar surface area (TPSA) is 53.4 Å². The van der Waals surface area contributed by atoms with E-state index in [1.165, 1.54) is 6.07 Å². The van der Waals surface area contributed by atoms with Gasteiger partial charge in [0, 0.05) is 13.1 Å². The molecule has 0 radical (unpaired) electrons. The van der Waals surface area contributed by atoms with Crippen molar-refractivity contribution in [3.05, 3.63) is 24.0 Å². The predicted octanol–water partition coefficient (Wildman–Crippen LogP) is 2.65. The van der Waals surface area contributed by atoms with E-state index in [0.717, 1.165) is 12.1 Å². The van der Waals surface area contributed by atoms with Crippen molar-refractivity contribution in [1.29, 1.82) is 0 Å². The Morgan fingerprint density at radius 3 is 2.47 bits per heavy atom. The van der Waals surface area contributed by atoms with Crippen molar-refractivity contribution in [2.45, 2.75) is 33.2 Å². The first kappa shape index (κ1) is 13.5. The second-order valence-corrected chi connectivity index (χ2v) is 4.80. The highest BCUT2D eigenvalue weighted by Gasteiger charge is 2.12. The Kier molecular flexibility index (Phi) is 4.49. The van der Waals surface area contributed by atoms with Gasteiger partial charge in [-0.3, -0.25) is 0 Å². The van der Waals surface area contributed by atoms with Crippen molar-refractivity contribution < 1.29 is 9.90 Å². The molecule has 0 spiro atoms. The molecular weight excluding hydrogens is 216 g/mol. The summed E-state index contributed by atoms with van der Waals surface area (Å²) in [6, 6.07) is 3.75. The minimum atomic E-state index is -0.991. The van der Waals surface area contributed by atoms with Gasteiger partial charge >= 0.3 is 5.97 Å². The summed E-state index contributed by atoms with van der Waals surface area (Å²) in [5.41, 5.74) is 1.03. The van der Waals surface area contributed by atoms with Crippen molar-refractivity contribution >= 4 is 11.7 Å². The molecule has 0 aliphatic carbocycles. The molecule has 4 nitrogen and oxygen atoms in total. The van der Waals surface area contributed by atoms with Crippen LogP contribution in [-0.4, -0.2) is 29.1 Å². The molecule has 0 aromatic carbocycles. The number of pyridine rings is 1. The molecule has 1 atom stereocenters. The summed E-state index contributed by atoms with van der Waals surface area (Å²) in [5.74, 6) is -0.354. The molecule has 0 aliphatic rings. The van der Waals surface area contributed by atoms with E-state index in [-0.39, 0.29) is 5.69 Å². The van der Waals surface area contributed by atoms with E-state index in [2.05, 4.69) is 30.7 Å². The zero-order valence-corrected chi connectivity index (χ0v) is 10.8. The number of aromatic nitrogens is 1. The standard InChI is InChI=1S/C13H20N2O2/c1-9(2)7-10(3)15(4)11-5-6-12(13(16)17)14-8-11/h5-6,8-10H,7H2,1-4H3,(H,16,17). The second kappa shape index (κ2) is 5.66. The van der Waals surface area contributed by atoms with Crippen molar-refractivity contribution in [3.63, 3.8) is 0 Å². The van der Waals surface area contributed by atoms with Crippen LogP contribution in [0.15, 0.2) is 18.3 Å². The minimum absolute atomic E-state index is 0.0821. The van der Waals surface area contributed by atoms with E-state index in [1.54, 1.807) is 12.3 Å².